The number of nitrogens with zero attached hydrogens (tertiary/aromatic N) is 5. The number of anilines is 2. The van der Waals surface area contributed by atoms with Crippen molar-refractivity contribution in [2.45, 2.75) is 51.7 Å². The van der Waals surface area contributed by atoms with Gasteiger partial charge in [-0.2, -0.15) is 5.10 Å². The molecule has 2 aliphatic rings. The summed E-state index contributed by atoms with van der Waals surface area (Å²) in [6, 6.07) is 12.6. The minimum absolute atomic E-state index is 0.216. The van der Waals surface area contributed by atoms with Gasteiger partial charge in [0.1, 0.15) is 11.4 Å². The molecule has 1 N–H and O–H groups in total. The lowest BCUT2D eigenvalue weighted by Crippen LogP contribution is -2.42. The quantitative estimate of drug-likeness (QED) is 0.372. The number of ether oxygens (including phenoxy) is 2. The van der Waals surface area contributed by atoms with E-state index in [1.54, 1.807) is 11.1 Å². The van der Waals surface area contributed by atoms with E-state index in [-0.39, 0.29) is 12.1 Å². The van der Waals surface area contributed by atoms with E-state index >= 15 is 0 Å². The van der Waals surface area contributed by atoms with E-state index in [1.807, 2.05) is 50.0 Å². The molecule has 0 spiro atoms. The van der Waals surface area contributed by atoms with Gasteiger partial charge in [-0.05, 0) is 39.2 Å². The molecule has 1 amide bonds. The fourth-order valence-corrected chi connectivity index (χ4v) is 5.13. The number of amides is 1. The number of likely N-dealkylation sites (tertiary alicyclic amines) is 1. The Balaban J connectivity index is 1.18. The summed E-state index contributed by atoms with van der Waals surface area (Å²) >= 11 is 0. The third-order valence-corrected chi connectivity index (χ3v) is 6.96. The van der Waals surface area contributed by atoms with Crippen molar-refractivity contribution >= 4 is 28.6 Å². The van der Waals surface area contributed by atoms with E-state index in [0.717, 1.165) is 52.7 Å². The number of fused-ring (bicyclic) bond motifs is 2. The maximum absolute atomic E-state index is 12.4. The third kappa shape index (κ3) is 4.88. The summed E-state index contributed by atoms with van der Waals surface area (Å²) in [7, 11) is 0. The van der Waals surface area contributed by atoms with Gasteiger partial charge in [0, 0.05) is 48.4 Å². The first-order valence-electron chi connectivity index (χ1n) is 13.1. The zero-order valence-electron chi connectivity index (χ0n) is 22.0. The second-order valence-electron chi connectivity index (χ2n) is 10.9. The van der Waals surface area contributed by atoms with Gasteiger partial charge in [0.15, 0.2) is 0 Å². The molecule has 196 valence electrons. The van der Waals surface area contributed by atoms with Crippen LogP contribution in [0.4, 0.5) is 16.4 Å². The number of carbonyl (C=O) groups excluding carboxylic acids is 1. The number of rotatable bonds is 4. The first kappa shape index (κ1) is 24.2. The highest BCUT2D eigenvalue weighted by Crippen LogP contribution is 2.39. The molecule has 2 aromatic carbocycles. The van der Waals surface area contributed by atoms with Gasteiger partial charge in [-0.1, -0.05) is 36.4 Å². The predicted molar refractivity (Wildman–Crippen MR) is 146 cm³/mol. The molecule has 4 aromatic rings. The predicted octanol–water partition coefficient (Wildman–Crippen LogP) is 5.74. The minimum Gasteiger partial charge on any atom is -0.492 e. The average molecular weight is 513 g/mol. The Morgan fingerprint density at radius 3 is 2.68 bits per heavy atom. The Morgan fingerprint density at radius 2 is 1.87 bits per heavy atom. The van der Waals surface area contributed by atoms with E-state index in [2.05, 4.69) is 39.7 Å². The van der Waals surface area contributed by atoms with Crippen molar-refractivity contribution in [3.05, 3.63) is 60.6 Å². The van der Waals surface area contributed by atoms with Gasteiger partial charge in [-0.25, -0.2) is 14.8 Å². The Morgan fingerprint density at radius 1 is 1.08 bits per heavy atom. The Hall–Kier alpha value is -4.14. The van der Waals surface area contributed by atoms with E-state index < -0.39 is 5.60 Å². The summed E-state index contributed by atoms with van der Waals surface area (Å²) in [4.78, 5) is 23.6. The van der Waals surface area contributed by atoms with Crippen LogP contribution in [-0.2, 0) is 11.2 Å². The summed E-state index contributed by atoms with van der Waals surface area (Å²) in [5, 5.41) is 8.87. The molecule has 6 rings (SSSR count). The van der Waals surface area contributed by atoms with Crippen molar-refractivity contribution in [1.29, 1.82) is 0 Å². The van der Waals surface area contributed by atoms with Gasteiger partial charge in [0.2, 0.25) is 5.95 Å². The van der Waals surface area contributed by atoms with Gasteiger partial charge < -0.3 is 19.7 Å². The summed E-state index contributed by atoms with van der Waals surface area (Å²) in [5.74, 6) is 1.46. The van der Waals surface area contributed by atoms with Crippen LogP contribution in [-0.4, -0.2) is 56.0 Å². The molecule has 2 aromatic heterocycles. The van der Waals surface area contributed by atoms with Crippen LogP contribution in [0.1, 0.15) is 45.2 Å². The summed E-state index contributed by atoms with van der Waals surface area (Å²) in [6.07, 6.45) is 7.93. The van der Waals surface area contributed by atoms with Crippen LogP contribution in [0.3, 0.4) is 0 Å². The van der Waals surface area contributed by atoms with Crippen molar-refractivity contribution in [3.8, 4) is 16.9 Å². The molecule has 0 bridgehead atoms. The highest BCUT2D eigenvalue weighted by Gasteiger charge is 2.28. The zero-order valence-corrected chi connectivity index (χ0v) is 22.0. The number of nitrogens with one attached hydrogen (secondary N) is 1. The van der Waals surface area contributed by atoms with Crippen molar-refractivity contribution in [2.24, 2.45) is 0 Å². The first-order chi connectivity index (χ1) is 18.3. The highest BCUT2D eigenvalue weighted by atomic mass is 16.6. The van der Waals surface area contributed by atoms with E-state index in [0.29, 0.717) is 25.6 Å². The fraction of sp³-hybridized carbons (Fsp3) is 0.379. The lowest BCUT2D eigenvalue weighted by atomic mass is 9.99. The largest absolute Gasteiger partial charge is 0.492 e. The van der Waals surface area contributed by atoms with Crippen molar-refractivity contribution in [1.82, 2.24) is 24.6 Å². The van der Waals surface area contributed by atoms with Crippen molar-refractivity contribution < 1.29 is 14.3 Å². The number of hydrogen-bond acceptors (Lipinski definition) is 7. The molecule has 0 radical (unpaired) electrons. The number of aromatic nitrogens is 4. The molecule has 9 nitrogen and oxygen atoms in total. The maximum atomic E-state index is 12.4. The number of hydrogen-bond donors (Lipinski definition) is 1. The Labute approximate surface area is 221 Å². The molecule has 9 heteroatoms. The minimum atomic E-state index is -0.489. The Bertz CT molecular complexity index is 1480. The lowest BCUT2D eigenvalue weighted by Gasteiger charge is -2.33. The lowest BCUT2D eigenvalue weighted by molar-refractivity contribution is 0.0185. The van der Waals surface area contributed by atoms with E-state index in [1.165, 1.54) is 5.56 Å². The molecule has 1 saturated heterocycles. The molecule has 2 aliphatic heterocycles. The number of benzene rings is 2. The maximum Gasteiger partial charge on any atom is 0.410 e. The standard InChI is InChI=1S/C29H32N6O3/c1-29(2,3)38-28(36)34-13-10-22(11-14-34)35-18-21(17-31-35)32-27-30-16-20-7-5-8-23(25(20)33-27)24-9-4-6-19-12-15-37-26(19)24/h4-9,16-18,22H,10-15H2,1-3H3,(H,30,32,33). The smallest absolute Gasteiger partial charge is 0.410 e. The molecule has 0 aliphatic carbocycles. The highest BCUT2D eigenvalue weighted by molar-refractivity contribution is 5.95. The van der Waals surface area contributed by atoms with Crippen molar-refractivity contribution in [3.63, 3.8) is 0 Å². The number of piperidine rings is 1. The van der Waals surface area contributed by atoms with Crippen LogP contribution in [0.15, 0.2) is 55.0 Å². The summed E-state index contributed by atoms with van der Waals surface area (Å²) in [6.45, 7) is 7.66. The monoisotopic (exact) mass is 512 g/mol. The molecular formula is C29H32N6O3. The van der Waals surface area contributed by atoms with Gasteiger partial charge in [-0.3, -0.25) is 4.68 Å². The van der Waals surface area contributed by atoms with Gasteiger partial charge >= 0.3 is 6.09 Å². The normalized spacial score (nSPS) is 15.8. The van der Waals surface area contributed by atoms with Crippen LogP contribution in [0.25, 0.3) is 22.0 Å². The molecule has 0 saturated carbocycles. The first-order valence-corrected chi connectivity index (χ1v) is 13.1. The molecular weight excluding hydrogens is 480 g/mol. The third-order valence-electron chi connectivity index (χ3n) is 6.96. The topological polar surface area (TPSA) is 94.4 Å². The second-order valence-corrected chi connectivity index (χ2v) is 10.9. The van der Waals surface area contributed by atoms with Gasteiger partial charge in [0.25, 0.3) is 0 Å². The van der Waals surface area contributed by atoms with Crippen LogP contribution in [0, 0.1) is 0 Å². The van der Waals surface area contributed by atoms with Crippen LogP contribution in [0.5, 0.6) is 5.75 Å². The molecule has 1 fully saturated rings. The van der Waals surface area contributed by atoms with Crippen LogP contribution >= 0.6 is 0 Å². The van der Waals surface area contributed by atoms with Crippen LogP contribution in [0.2, 0.25) is 0 Å². The average Bonchev–Trinajstić information content (AvgIpc) is 3.57. The van der Waals surface area contributed by atoms with E-state index in [9.17, 15) is 4.79 Å². The summed E-state index contributed by atoms with van der Waals surface area (Å²) in [5.41, 5.74) is 4.52. The molecule has 38 heavy (non-hydrogen) atoms. The zero-order chi connectivity index (χ0) is 26.3. The SMILES string of the molecule is CC(C)(C)OC(=O)N1CCC(n2cc(Nc3ncc4cccc(-c5cccc6c5OCC6)c4n3)cn2)CC1. The van der Waals surface area contributed by atoms with Crippen LogP contribution < -0.4 is 10.1 Å². The summed E-state index contributed by atoms with van der Waals surface area (Å²) < 4.78 is 13.4. The van der Waals surface area contributed by atoms with Gasteiger partial charge in [-0.15, -0.1) is 0 Å². The second kappa shape index (κ2) is 9.63. The Kier molecular flexibility index (Phi) is 6.13. The molecule has 0 atom stereocenters. The fourth-order valence-electron chi connectivity index (χ4n) is 5.13. The molecule has 0 unspecified atom stereocenters. The van der Waals surface area contributed by atoms with Crippen molar-refractivity contribution in [2.75, 3.05) is 25.0 Å². The number of carbonyl (C=O) groups is 1. The van der Waals surface area contributed by atoms with Gasteiger partial charge in [0.05, 0.1) is 30.0 Å². The van der Waals surface area contributed by atoms with E-state index in [4.69, 9.17) is 14.5 Å². The molecule has 4 heterocycles. The number of para-hydroxylation sites is 2.